The van der Waals surface area contributed by atoms with Gasteiger partial charge in [0, 0.05) is 18.7 Å². The molecular weight excluding hydrogens is 554 g/mol. The molecule has 0 radical (unpaired) electrons. The molecule has 1 aliphatic heterocycles. The number of hydrogen-bond acceptors (Lipinski definition) is 11. The van der Waals surface area contributed by atoms with Gasteiger partial charge in [0.15, 0.2) is 29.8 Å². The highest BCUT2D eigenvalue weighted by Crippen LogP contribution is 2.42. The van der Waals surface area contributed by atoms with E-state index in [1.165, 1.54) is 13.2 Å². The maximum atomic E-state index is 10.9. The summed E-state index contributed by atoms with van der Waals surface area (Å²) in [7, 11) is 1.48. The quantitative estimate of drug-likeness (QED) is 0.142. The van der Waals surface area contributed by atoms with Crippen molar-refractivity contribution in [3.05, 3.63) is 65.4 Å². The first-order valence-corrected chi connectivity index (χ1v) is 14.7. The highest BCUT2D eigenvalue weighted by molar-refractivity contribution is 5.53. The lowest BCUT2D eigenvalue weighted by atomic mass is 9.93. The molecule has 2 heterocycles. The van der Waals surface area contributed by atoms with Crippen molar-refractivity contribution in [1.29, 1.82) is 0 Å². The molecule has 234 valence electrons. The van der Waals surface area contributed by atoms with E-state index < -0.39 is 19.0 Å². The number of methoxy groups -OCH3 is 1. The van der Waals surface area contributed by atoms with Crippen LogP contribution >= 0.6 is 0 Å². The van der Waals surface area contributed by atoms with Crippen LogP contribution in [0.15, 0.2) is 48.7 Å². The lowest BCUT2D eigenvalue weighted by molar-refractivity contribution is -0.0999. The van der Waals surface area contributed by atoms with Gasteiger partial charge in [0.05, 0.1) is 25.4 Å². The Bertz CT molecular complexity index is 1320. The normalized spacial score (nSPS) is 19.1. The van der Waals surface area contributed by atoms with Crippen LogP contribution in [0.1, 0.15) is 55.4 Å². The number of nitrogens with zero attached hydrogens (tertiary/aromatic N) is 1. The van der Waals surface area contributed by atoms with Gasteiger partial charge in [0.2, 0.25) is 5.75 Å². The first kappa shape index (κ1) is 32.2. The third-order valence-electron chi connectivity index (χ3n) is 7.59. The largest absolute Gasteiger partial charge is 0.504 e. The van der Waals surface area contributed by atoms with Crippen molar-refractivity contribution in [2.24, 2.45) is 0 Å². The summed E-state index contributed by atoms with van der Waals surface area (Å²) in [5.41, 5.74) is 8.56. The molecule has 0 bridgehead atoms. The molecule has 3 aromatic rings. The Morgan fingerprint density at radius 3 is 2.56 bits per heavy atom. The number of aliphatic hydroxyl groups is 2. The van der Waals surface area contributed by atoms with Gasteiger partial charge in [-0.2, -0.15) is 0 Å². The number of likely N-dealkylation sites (N-methyl/N-ethyl adjacent to an activating group) is 1. The van der Waals surface area contributed by atoms with Gasteiger partial charge in [-0.25, -0.2) is 4.98 Å². The average Bonchev–Trinajstić information content (AvgIpc) is 2.99. The maximum Gasteiger partial charge on any atom is 0.200 e. The molecule has 1 fully saturated rings. The van der Waals surface area contributed by atoms with Crippen molar-refractivity contribution in [1.82, 2.24) is 10.3 Å². The van der Waals surface area contributed by atoms with E-state index >= 15 is 0 Å². The SMILES string of the molecule is CCNC(CCc1ccnc(N)c1)COc1cc(C2CC(O)CC(CCc3ccc(O)c(OCO)c3)O2)cc(OC)c1O. The molecule has 1 aromatic heterocycles. The van der Waals surface area contributed by atoms with Crippen molar-refractivity contribution in [3.63, 3.8) is 0 Å². The van der Waals surface area contributed by atoms with Crippen LogP contribution in [0, 0.1) is 0 Å². The Morgan fingerprint density at radius 2 is 1.81 bits per heavy atom. The van der Waals surface area contributed by atoms with Gasteiger partial charge >= 0.3 is 0 Å². The first-order chi connectivity index (χ1) is 20.8. The van der Waals surface area contributed by atoms with Crippen LogP contribution in [0.2, 0.25) is 0 Å². The number of phenolic OH excluding ortho intramolecular Hbond substituents is 2. The monoisotopic (exact) mass is 597 g/mol. The summed E-state index contributed by atoms with van der Waals surface area (Å²) < 4.78 is 23.1. The number of nitrogen functional groups attached to an aromatic ring is 1. The minimum Gasteiger partial charge on any atom is -0.504 e. The van der Waals surface area contributed by atoms with E-state index in [0.29, 0.717) is 38.1 Å². The number of benzene rings is 2. The van der Waals surface area contributed by atoms with Gasteiger partial charge in [-0.1, -0.05) is 13.0 Å². The van der Waals surface area contributed by atoms with Gasteiger partial charge in [-0.15, -0.1) is 0 Å². The average molecular weight is 598 g/mol. The molecule has 4 rings (SSSR count). The zero-order valence-corrected chi connectivity index (χ0v) is 24.7. The smallest absolute Gasteiger partial charge is 0.200 e. The third kappa shape index (κ3) is 9.11. The predicted octanol–water partition coefficient (Wildman–Crippen LogP) is 3.62. The Kier molecular flexibility index (Phi) is 11.7. The van der Waals surface area contributed by atoms with E-state index in [1.54, 1.807) is 30.5 Å². The molecule has 0 spiro atoms. The summed E-state index contributed by atoms with van der Waals surface area (Å²) in [5, 5.41) is 44.0. The van der Waals surface area contributed by atoms with Crippen LogP contribution in [-0.2, 0) is 17.6 Å². The van der Waals surface area contributed by atoms with Crippen LogP contribution in [0.5, 0.6) is 28.7 Å². The molecule has 0 aliphatic carbocycles. The Morgan fingerprint density at radius 1 is 1.02 bits per heavy atom. The fourth-order valence-electron chi connectivity index (χ4n) is 5.39. The molecule has 2 aromatic carbocycles. The van der Waals surface area contributed by atoms with Gasteiger partial charge in [-0.3, -0.25) is 0 Å². The van der Waals surface area contributed by atoms with E-state index in [0.717, 1.165) is 36.1 Å². The fraction of sp³-hybridized carbons (Fsp3) is 0.469. The molecule has 43 heavy (non-hydrogen) atoms. The highest BCUT2D eigenvalue weighted by atomic mass is 16.6. The molecule has 11 nitrogen and oxygen atoms in total. The Labute approximate surface area is 252 Å². The number of aromatic hydroxyl groups is 2. The minimum absolute atomic E-state index is 0.0220. The number of aryl methyl sites for hydroxylation is 2. The molecule has 1 saturated heterocycles. The lowest BCUT2D eigenvalue weighted by Crippen LogP contribution is -2.35. The summed E-state index contributed by atoms with van der Waals surface area (Å²) in [4.78, 5) is 4.05. The zero-order valence-electron chi connectivity index (χ0n) is 24.7. The van der Waals surface area contributed by atoms with Crippen molar-refractivity contribution in [2.45, 2.75) is 69.8 Å². The zero-order chi connectivity index (χ0) is 30.8. The maximum absolute atomic E-state index is 10.9. The number of rotatable bonds is 15. The van der Waals surface area contributed by atoms with Gasteiger partial charge in [-0.05, 0) is 91.7 Å². The number of nitrogens with two attached hydrogens (primary N) is 1. The fourth-order valence-corrected chi connectivity index (χ4v) is 5.39. The van der Waals surface area contributed by atoms with Crippen LogP contribution in [0.3, 0.4) is 0 Å². The number of hydrogen-bond donors (Lipinski definition) is 6. The number of nitrogens with one attached hydrogen (secondary N) is 1. The van der Waals surface area contributed by atoms with Crippen molar-refractivity contribution in [3.8, 4) is 28.7 Å². The number of pyridine rings is 1. The molecule has 0 amide bonds. The van der Waals surface area contributed by atoms with E-state index in [9.17, 15) is 15.3 Å². The second kappa shape index (κ2) is 15.6. The second-order valence-corrected chi connectivity index (χ2v) is 10.7. The third-order valence-corrected chi connectivity index (χ3v) is 7.59. The van der Waals surface area contributed by atoms with Crippen LogP contribution in [0.4, 0.5) is 5.82 Å². The molecular formula is C32H43N3O8. The van der Waals surface area contributed by atoms with E-state index in [4.69, 9.17) is 29.8 Å². The summed E-state index contributed by atoms with van der Waals surface area (Å²) in [5.74, 6) is 1.11. The number of ether oxygens (including phenoxy) is 4. The molecule has 1 aliphatic rings. The van der Waals surface area contributed by atoms with E-state index in [2.05, 4.69) is 10.3 Å². The highest BCUT2D eigenvalue weighted by Gasteiger charge is 2.31. The summed E-state index contributed by atoms with van der Waals surface area (Å²) >= 11 is 0. The van der Waals surface area contributed by atoms with Crippen LogP contribution in [0.25, 0.3) is 0 Å². The van der Waals surface area contributed by atoms with Crippen molar-refractivity contribution >= 4 is 5.82 Å². The molecule has 4 atom stereocenters. The molecule has 11 heteroatoms. The first-order valence-electron chi connectivity index (χ1n) is 14.7. The Hall–Kier alpha value is -3.77. The van der Waals surface area contributed by atoms with Crippen LogP contribution in [-0.4, -0.2) is 70.7 Å². The minimum atomic E-state index is -0.568. The van der Waals surface area contributed by atoms with Crippen LogP contribution < -0.4 is 25.3 Å². The van der Waals surface area contributed by atoms with Gasteiger partial charge < -0.3 is 50.4 Å². The number of anilines is 1. The molecule has 7 N–H and O–H groups in total. The summed E-state index contributed by atoms with van der Waals surface area (Å²) in [6, 6.07) is 12.3. The van der Waals surface area contributed by atoms with Gasteiger partial charge in [0.25, 0.3) is 0 Å². The number of phenols is 2. The summed E-state index contributed by atoms with van der Waals surface area (Å²) in [6.45, 7) is 2.58. The molecule has 4 unspecified atom stereocenters. The van der Waals surface area contributed by atoms with Gasteiger partial charge in [0.1, 0.15) is 12.4 Å². The topological polar surface area (TPSA) is 169 Å². The van der Waals surface area contributed by atoms with Crippen molar-refractivity contribution < 1.29 is 39.4 Å². The Balaban J connectivity index is 1.43. The summed E-state index contributed by atoms with van der Waals surface area (Å²) in [6.07, 6.45) is 4.19. The lowest BCUT2D eigenvalue weighted by Gasteiger charge is -2.34. The number of aromatic nitrogens is 1. The second-order valence-electron chi connectivity index (χ2n) is 10.7. The van der Waals surface area contributed by atoms with E-state index in [-0.39, 0.29) is 40.9 Å². The molecule has 0 saturated carbocycles. The predicted molar refractivity (Wildman–Crippen MR) is 162 cm³/mol. The van der Waals surface area contributed by atoms with E-state index in [1.807, 2.05) is 19.1 Å². The standard InChI is InChI=1S/C32H43N3O8/c1-3-34-23(7-4-21-10-11-35-31(33)13-21)18-41-30-15-22(14-29(40-2)32(30)39)27-17-24(37)16-25(43-27)8-5-20-6-9-26(38)28(12-20)42-19-36/h6,9-15,23-25,27,34,36-39H,3-5,7-8,16-19H2,1-2H3,(H2,33,35). The number of aliphatic hydroxyl groups excluding tert-OH is 2. The van der Waals surface area contributed by atoms with Crippen molar-refractivity contribution in [2.75, 3.05) is 32.8 Å².